The number of ketones is 1. The van der Waals surface area contributed by atoms with E-state index < -0.39 is 0 Å². The lowest BCUT2D eigenvalue weighted by molar-refractivity contribution is -0.117. The molecule has 3 aromatic carbocycles. The highest BCUT2D eigenvalue weighted by molar-refractivity contribution is 9.10. The van der Waals surface area contributed by atoms with Crippen molar-refractivity contribution in [3.63, 3.8) is 0 Å². The Morgan fingerprint density at radius 2 is 1.65 bits per heavy atom. The number of benzene rings is 3. The number of para-hydroxylation sites is 1. The van der Waals surface area contributed by atoms with E-state index in [2.05, 4.69) is 40.2 Å². The summed E-state index contributed by atoms with van der Waals surface area (Å²) in [4.78, 5) is 13.2. The van der Waals surface area contributed by atoms with E-state index in [-0.39, 0.29) is 11.7 Å². The zero-order chi connectivity index (χ0) is 23.1. The summed E-state index contributed by atoms with van der Waals surface area (Å²) in [5.74, 6) is 1.66. The van der Waals surface area contributed by atoms with E-state index in [4.69, 9.17) is 9.84 Å². The third-order valence-corrected chi connectivity index (χ3v) is 7.15. The fraction of sp³-hybridized carbons (Fsp3) is 0.172. The highest BCUT2D eigenvalue weighted by atomic mass is 79.9. The molecule has 34 heavy (non-hydrogen) atoms. The van der Waals surface area contributed by atoms with Gasteiger partial charge in [-0.05, 0) is 42.7 Å². The molecule has 2 heterocycles. The van der Waals surface area contributed by atoms with Crippen molar-refractivity contribution >= 4 is 21.7 Å². The minimum Gasteiger partial charge on any atom is -0.442 e. The van der Waals surface area contributed by atoms with Crippen molar-refractivity contribution in [3.05, 3.63) is 112 Å². The van der Waals surface area contributed by atoms with Gasteiger partial charge in [0.05, 0.1) is 11.3 Å². The molecular formula is C29H23BrN2O2. The Morgan fingerprint density at radius 3 is 2.38 bits per heavy atom. The molecule has 0 bridgehead atoms. The largest absolute Gasteiger partial charge is 0.442 e. The van der Waals surface area contributed by atoms with Crippen molar-refractivity contribution in [2.75, 3.05) is 0 Å². The van der Waals surface area contributed by atoms with E-state index >= 15 is 0 Å². The molecule has 0 spiro atoms. The molecule has 1 aromatic heterocycles. The molecule has 0 N–H and O–H groups in total. The van der Waals surface area contributed by atoms with Gasteiger partial charge in [-0.1, -0.05) is 76.6 Å². The van der Waals surface area contributed by atoms with Crippen molar-refractivity contribution < 1.29 is 9.53 Å². The van der Waals surface area contributed by atoms with Crippen molar-refractivity contribution in [1.29, 1.82) is 0 Å². The third kappa shape index (κ3) is 3.70. The van der Waals surface area contributed by atoms with Gasteiger partial charge in [-0.25, -0.2) is 0 Å². The first kappa shape index (κ1) is 21.1. The number of aromatic nitrogens is 2. The second kappa shape index (κ2) is 8.73. The molecule has 5 heteroatoms. The van der Waals surface area contributed by atoms with Crippen LogP contribution in [0.1, 0.15) is 36.3 Å². The zero-order valence-electron chi connectivity index (χ0n) is 18.6. The van der Waals surface area contributed by atoms with Crippen LogP contribution in [0.2, 0.25) is 0 Å². The number of allylic oxidation sites excluding steroid dienone is 2. The number of fused-ring (bicyclic) bond motifs is 3. The van der Waals surface area contributed by atoms with Gasteiger partial charge in [0, 0.05) is 34.4 Å². The summed E-state index contributed by atoms with van der Waals surface area (Å²) in [6.07, 6.45) is 2.95. The highest BCUT2D eigenvalue weighted by Gasteiger charge is 2.41. The number of halogens is 1. The number of carbonyl (C=O) groups excluding carboxylic acids is 1. The fourth-order valence-electron chi connectivity index (χ4n) is 5.05. The Labute approximate surface area is 207 Å². The average molecular weight is 511 g/mol. The van der Waals surface area contributed by atoms with Gasteiger partial charge >= 0.3 is 0 Å². The number of ether oxygens (including phenoxy) is 1. The van der Waals surface area contributed by atoms with Crippen molar-refractivity contribution in [1.82, 2.24) is 9.78 Å². The summed E-state index contributed by atoms with van der Waals surface area (Å²) in [5, 5.41) is 5.06. The van der Waals surface area contributed by atoms with E-state index in [0.717, 1.165) is 62.6 Å². The predicted octanol–water partition coefficient (Wildman–Crippen LogP) is 7.03. The molecule has 4 nitrogen and oxygen atoms in total. The zero-order valence-corrected chi connectivity index (χ0v) is 20.2. The van der Waals surface area contributed by atoms with Crippen molar-refractivity contribution in [2.24, 2.45) is 0 Å². The van der Waals surface area contributed by atoms with Crippen LogP contribution in [-0.4, -0.2) is 15.6 Å². The Bertz CT molecular complexity index is 1390. The SMILES string of the molecule is O=C1CCC[C@@H]2C1=C(Cc1ccccc1)Oc1c2c(-c2ccc(Br)cc2)nn1-c1ccccc1. The minimum absolute atomic E-state index is 0.0141. The summed E-state index contributed by atoms with van der Waals surface area (Å²) in [7, 11) is 0. The number of nitrogens with zero attached hydrogens (tertiary/aromatic N) is 2. The molecule has 1 aliphatic carbocycles. The summed E-state index contributed by atoms with van der Waals surface area (Å²) >= 11 is 3.54. The van der Waals surface area contributed by atoms with E-state index in [1.807, 2.05) is 65.3 Å². The van der Waals surface area contributed by atoms with Crippen LogP contribution < -0.4 is 4.74 Å². The summed E-state index contributed by atoms with van der Waals surface area (Å²) in [6, 6.07) is 28.5. The van der Waals surface area contributed by atoms with Crippen molar-refractivity contribution in [3.8, 4) is 22.8 Å². The molecule has 1 saturated carbocycles. The summed E-state index contributed by atoms with van der Waals surface area (Å²) in [6.45, 7) is 0. The van der Waals surface area contributed by atoms with Gasteiger partial charge in [-0.3, -0.25) is 4.79 Å². The lowest BCUT2D eigenvalue weighted by Gasteiger charge is -2.32. The monoisotopic (exact) mass is 510 g/mol. The van der Waals surface area contributed by atoms with Gasteiger partial charge in [0.25, 0.3) is 0 Å². The Kier molecular flexibility index (Phi) is 5.42. The van der Waals surface area contributed by atoms with Gasteiger partial charge in [0.2, 0.25) is 5.88 Å². The third-order valence-electron chi connectivity index (χ3n) is 6.62. The van der Waals surface area contributed by atoms with Crippen LogP contribution in [0.4, 0.5) is 0 Å². The number of hydrogen-bond donors (Lipinski definition) is 0. The first-order valence-corrected chi connectivity index (χ1v) is 12.4. The molecule has 168 valence electrons. The van der Waals surface area contributed by atoms with Gasteiger partial charge in [-0.2, -0.15) is 9.78 Å². The molecule has 1 fully saturated rings. The number of hydrogen-bond acceptors (Lipinski definition) is 3. The van der Waals surface area contributed by atoms with Gasteiger partial charge < -0.3 is 4.74 Å². The lowest BCUT2D eigenvalue weighted by atomic mass is 9.76. The lowest BCUT2D eigenvalue weighted by Crippen LogP contribution is -2.26. The molecule has 0 saturated heterocycles. The molecule has 6 rings (SSSR count). The van der Waals surface area contributed by atoms with Crippen LogP contribution in [0.5, 0.6) is 5.88 Å². The average Bonchev–Trinajstić information content (AvgIpc) is 3.25. The quantitative estimate of drug-likeness (QED) is 0.296. The first-order chi connectivity index (χ1) is 16.7. The Hall–Kier alpha value is -3.44. The number of rotatable bonds is 4. The van der Waals surface area contributed by atoms with E-state index in [9.17, 15) is 4.79 Å². The standard InChI is InChI=1S/C29H23BrN2O2/c30-21-16-14-20(15-17-21)28-27-23-12-7-13-24(33)26(23)25(18-19-8-3-1-4-9-19)34-29(27)32(31-28)22-10-5-2-6-11-22/h1-6,8-11,14-17,23H,7,12-13,18H2/t23-/m1/s1. The highest BCUT2D eigenvalue weighted by Crippen LogP contribution is 2.50. The predicted molar refractivity (Wildman–Crippen MR) is 136 cm³/mol. The smallest absolute Gasteiger partial charge is 0.226 e. The van der Waals surface area contributed by atoms with Crippen LogP contribution in [0.25, 0.3) is 16.9 Å². The van der Waals surface area contributed by atoms with Crippen LogP contribution in [0.3, 0.4) is 0 Å². The summed E-state index contributed by atoms with van der Waals surface area (Å²) < 4.78 is 9.55. The molecule has 0 amide bonds. The molecule has 4 aromatic rings. The van der Waals surface area contributed by atoms with E-state index in [1.54, 1.807) is 0 Å². The molecule has 0 unspecified atom stereocenters. The maximum absolute atomic E-state index is 13.2. The maximum Gasteiger partial charge on any atom is 0.226 e. The van der Waals surface area contributed by atoms with E-state index in [0.29, 0.717) is 12.8 Å². The molecule has 1 aliphatic heterocycles. The van der Waals surface area contributed by atoms with Gasteiger partial charge in [-0.15, -0.1) is 0 Å². The second-order valence-electron chi connectivity index (χ2n) is 8.79. The topological polar surface area (TPSA) is 44.1 Å². The van der Waals surface area contributed by atoms with Crippen LogP contribution in [0.15, 0.2) is 101 Å². The summed E-state index contributed by atoms with van der Waals surface area (Å²) in [5.41, 5.74) is 5.81. The minimum atomic E-state index is -0.0141. The number of carbonyl (C=O) groups is 1. The van der Waals surface area contributed by atoms with Gasteiger partial charge in [0.1, 0.15) is 11.5 Å². The van der Waals surface area contributed by atoms with E-state index in [1.165, 1.54) is 0 Å². The fourth-order valence-corrected chi connectivity index (χ4v) is 5.32. The second-order valence-corrected chi connectivity index (χ2v) is 9.71. The first-order valence-electron chi connectivity index (χ1n) is 11.6. The van der Waals surface area contributed by atoms with Crippen LogP contribution in [-0.2, 0) is 11.2 Å². The molecule has 1 atom stereocenters. The van der Waals surface area contributed by atoms with Crippen LogP contribution >= 0.6 is 15.9 Å². The molecule has 2 aliphatic rings. The normalized spacial score (nSPS) is 17.2. The Balaban J connectivity index is 1.56. The number of Topliss-reactive ketones (excluding diaryl/α,β-unsaturated/α-hetero) is 1. The Morgan fingerprint density at radius 1 is 0.941 bits per heavy atom. The molecular weight excluding hydrogens is 488 g/mol. The van der Waals surface area contributed by atoms with Crippen molar-refractivity contribution in [2.45, 2.75) is 31.6 Å². The van der Waals surface area contributed by atoms with Gasteiger partial charge in [0.15, 0.2) is 5.78 Å². The molecule has 0 radical (unpaired) electrons. The maximum atomic E-state index is 13.2. The van der Waals surface area contributed by atoms with Crippen LogP contribution in [0, 0.1) is 0 Å².